The monoisotopic (exact) mass is 295 g/mol. The van der Waals surface area contributed by atoms with Gasteiger partial charge in [0, 0.05) is 11.3 Å². The zero-order valence-corrected chi connectivity index (χ0v) is 12.3. The van der Waals surface area contributed by atoms with Crippen molar-refractivity contribution in [2.24, 2.45) is 0 Å². The van der Waals surface area contributed by atoms with E-state index in [1.165, 1.54) is 0 Å². The van der Waals surface area contributed by atoms with Gasteiger partial charge in [-0.3, -0.25) is 4.57 Å². The molecule has 3 heteroatoms. The van der Waals surface area contributed by atoms with Crippen LogP contribution in [0.4, 0.5) is 0 Å². The zero-order chi connectivity index (χ0) is 15.6. The smallest absolute Gasteiger partial charge is 0.145 e. The van der Waals surface area contributed by atoms with Crippen LogP contribution in [0.15, 0.2) is 78.9 Å². The summed E-state index contributed by atoms with van der Waals surface area (Å²) in [6, 6.07) is 28.0. The molecule has 0 fully saturated rings. The molecule has 0 saturated carbocycles. The first-order chi connectivity index (χ1) is 11.4. The van der Waals surface area contributed by atoms with Crippen molar-refractivity contribution in [3.05, 3.63) is 84.4 Å². The van der Waals surface area contributed by atoms with E-state index in [-0.39, 0.29) is 0 Å². The Hall–Kier alpha value is -3.38. The second-order valence-corrected chi connectivity index (χ2v) is 5.28. The van der Waals surface area contributed by atoms with Gasteiger partial charge in [0.15, 0.2) is 0 Å². The first-order valence-electron chi connectivity index (χ1n) is 7.40. The molecular formula is C20H13N3. The van der Waals surface area contributed by atoms with Crippen molar-refractivity contribution in [2.45, 2.75) is 0 Å². The van der Waals surface area contributed by atoms with E-state index in [4.69, 9.17) is 10.2 Å². The molecule has 1 heterocycles. The van der Waals surface area contributed by atoms with Crippen LogP contribution in [0.1, 0.15) is 5.56 Å². The number of aromatic nitrogens is 2. The van der Waals surface area contributed by atoms with Crippen LogP contribution in [0.2, 0.25) is 0 Å². The summed E-state index contributed by atoms with van der Waals surface area (Å²) in [6.07, 6.45) is 0. The number of benzene rings is 3. The molecule has 3 nitrogen and oxygen atoms in total. The molecule has 108 valence electrons. The Bertz CT molecular complexity index is 1010. The fourth-order valence-electron chi connectivity index (χ4n) is 2.75. The summed E-state index contributed by atoms with van der Waals surface area (Å²) in [5.41, 5.74) is 4.73. The lowest BCUT2D eigenvalue weighted by Crippen LogP contribution is -1.97. The van der Waals surface area contributed by atoms with E-state index >= 15 is 0 Å². The van der Waals surface area contributed by atoms with Gasteiger partial charge in [0.25, 0.3) is 0 Å². The van der Waals surface area contributed by atoms with Crippen LogP contribution in [-0.4, -0.2) is 9.55 Å². The number of rotatable bonds is 2. The highest BCUT2D eigenvalue weighted by molar-refractivity contribution is 5.83. The number of nitrogens with zero attached hydrogens (tertiary/aromatic N) is 3. The molecule has 0 bridgehead atoms. The molecule has 0 N–H and O–H groups in total. The Morgan fingerprint density at radius 1 is 0.783 bits per heavy atom. The third kappa shape index (κ3) is 2.27. The van der Waals surface area contributed by atoms with Crippen molar-refractivity contribution in [1.29, 1.82) is 5.26 Å². The number of hydrogen-bond acceptors (Lipinski definition) is 2. The Kier molecular flexibility index (Phi) is 3.14. The van der Waals surface area contributed by atoms with Crippen molar-refractivity contribution in [2.75, 3.05) is 0 Å². The Morgan fingerprint density at radius 2 is 1.48 bits per heavy atom. The number of imidazole rings is 1. The van der Waals surface area contributed by atoms with Crippen LogP contribution in [-0.2, 0) is 0 Å². The summed E-state index contributed by atoms with van der Waals surface area (Å²) in [5.74, 6) is 0.877. The second-order valence-electron chi connectivity index (χ2n) is 5.28. The van der Waals surface area contributed by atoms with E-state index < -0.39 is 0 Å². The highest BCUT2D eigenvalue weighted by atomic mass is 15.1. The van der Waals surface area contributed by atoms with Crippen LogP contribution < -0.4 is 0 Å². The molecule has 3 aromatic carbocycles. The summed E-state index contributed by atoms with van der Waals surface area (Å²) in [7, 11) is 0. The minimum Gasteiger partial charge on any atom is -0.292 e. The SMILES string of the molecule is N#Cc1ccc(-c2nc3ccccc3n2-c2ccccc2)cc1. The third-order valence-electron chi connectivity index (χ3n) is 3.85. The first-order valence-corrected chi connectivity index (χ1v) is 7.40. The number of para-hydroxylation sites is 3. The van der Waals surface area contributed by atoms with E-state index in [1.54, 1.807) is 0 Å². The number of hydrogen-bond donors (Lipinski definition) is 0. The van der Waals surface area contributed by atoms with Crippen LogP contribution in [0, 0.1) is 11.3 Å². The maximum Gasteiger partial charge on any atom is 0.145 e. The molecule has 0 amide bonds. The topological polar surface area (TPSA) is 41.6 Å². The van der Waals surface area contributed by atoms with Gasteiger partial charge in [0.1, 0.15) is 5.82 Å². The number of nitriles is 1. The van der Waals surface area contributed by atoms with Gasteiger partial charge in [-0.25, -0.2) is 4.98 Å². The zero-order valence-electron chi connectivity index (χ0n) is 12.3. The van der Waals surface area contributed by atoms with E-state index in [0.29, 0.717) is 5.56 Å². The molecule has 4 aromatic rings. The highest BCUT2D eigenvalue weighted by Gasteiger charge is 2.13. The first kappa shape index (κ1) is 13.3. The minimum absolute atomic E-state index is 0.649. The second kappa shape index (κ2) is 5.43. The van der Waals surface area contributed by atoms with Crippen molar-refractivity contribution in [3.8, 4) is 23.1 Å². The van der Waals surface area contributed by atoms with Gasteiger partial charge in [-0.1, -0.05) is 30.3 Å². The summed E-state index contributed by atoms with van der Waals surface area (Å²) >= 11 is 0. The van der Waals surface area contributed by atoms with Gasteiger partial charge in [-0.2, -0.15) is 5.26 Å². The molecule has 0 unspecified atom stereocenters. The minimum atomic E-state index is 0.649. The quantitative estimate of drug-likeness (QED) is 0.544. The fraction of sp³-hybridized carbons (Fsp3) is 0. The lowest BCUT2D eigenvalue weighted by Gasteiger charge is -2.09. The molecule has 23 heavy (non-hydrogen) atoms. The van der Waals surface area contributed by atoms with Gasteiger partial charge >= 0.3 is 0 Å². The van der Waals surface area contributed by atoms with Crippen molar-refractivity contribution in [3.63, 3.8) is 0 Å². The molecule has 0 atom stereocenters. The van der Waals surface area contributed by atoms with Crippen LogP contribution in [0.25, 0.3) is 28.1 Å². The highest BCUT2D eigenvalue weighted by Crippen LogP contribution is 2.28. The Balaban J connectivity index is 2.00. The summed E-state index contributed by atoms with van der Waals surface area (Å²) in [5, 5.41) is 8.98. The molecule has 0 saturated heterocycles. The van der Waals surface area contributed by atoms with Gasteiger partial charge in [-0.05, 0) is 48.5 Å². The largest absolute Gasteiger partial charge is 0.292 e. The van der Waals surface area contributed by atoms with Crippen molar-refractivity contribution in [1.82, 2.24) is 9.55 Å². The molecule has 0 spiro atoms. The average Bonchev–Trinajstić information content (AvgIpc) is 3.02. The average molecular weight is 295 g/mol. The van der Waals surface area contributed by atoms with E-state index in [2.05, 4.69) is 28.8 Å². The maximum atomic E-state index is 8.98. The van der Waals surface area contributed by atoms with Crippen molar-refractivity contribution < 1.29 is 0 Å². The molecule has 4 rings (SSSR count). The van der Waals surface area contributed by atoms with Crippen LogP contribution >= 0.6 is 0 Å². The van der Waals surface area contributed by atoms with Gasteiger partial charge in [0.2, 0.25) is 0 Å². The van der Waals surface area contributed by atoms with E-state index in [1.807, 2.05) is 60.7 Å². The Labute approximate surface area is 134 Å². The Morgan fingerprint density at radius 3 is 2.22 bits per heavy atom. The normalized spacial score (nSPS) is 10.6. The molecule has 0 radical (unpaired) electrons. The summed E-state index contributed by atoms with van der Waals surface area (Å²) < 4.78 is 2.15. The molecular weight excluding hydrogens is 282 g/mol. The third-order valence-corrected chi connectivity index (χ3v) is 3.85. The van der Waals surface area contributed by atoms with E-state index in [9.17, 15) is 0 Å². The maximum absolute atomic E-state index is 8.98. The molecule has 0 aliphatic carbocycles. The predicted molar refractivity (Wildman–Crippen MR) is 91.2 cm³/mol. The fourth-order valence-corrected chi connectivity index (χ4v) is 2.75. The standard InChI is InChI=1S/C20H13N3/c21-14-15-10-12-16(13-11-15)20-22-18-8-4-5-9-19(18)23(20)17-6-2-1-3-7-17/h1-13H. The lowest BCUT2D eigenvalue weighted by molar-refractivity contribution is 1.10. The molecule has 0 aliphatic rings. The predicted octanol–water partition coefficient (Wildman–Crippen LogP) is 4.56. The number of fused-ring (bicyclic) bond motifs is 1. The van der Waals surface area contributed by atoms with Gasteiger partial charge in [-0.15, -0.1) is 0 Å². The molecule has 1 aromatic heterocycles. The van der Waals surface area contributed by atoms with Crippen LogP contribution in [0.5, 0.6) is 0 Å². The van der Waals surface area contributed by atoms with Crippen LogP contribution in [0.3, 0.4) is 0 Å². The lowest BCUT2D eigenvalue weighted by atomic mass is 10.1. The van der Waals surface area contributed by atoms with Crippen molar-refractivity contribution >= 4 is 11.0 Å². The van der Waals surface area contributed by atoms with Gasteiger partial charge in [0.05, 0.1) is 22.7 Å². The van der Waals surface area contributed by atoms with E-state index in [0.717, 1.165) is 28.1 Å². The van der Waals surface area contributed by atoms with Gasteiger partial charge < -0.3 is 0 Å². The molecule has 0 aliphatic heterocycles. The summed E-state index contributed by atoms with van der Waals surface area (Å²) in [6.45, 7) is 0. The summed E-state index contributed by atoms with van der Waals surface area (Å²) in [4.78, 5) is 4.79.